The molecule has 0 aromatic heterocycles. The van der Waals surface area contributed by atoms with Crippen molar-refractivity contribution in [1.82, 2.24) is 0 Å². The summed E-state index contributed by atoms with van der Waals surface area (Å²) < 4.78 is 0. The second kappa shape index (κ2) is 37.9. The van der Waals surface area contributed by atoms with Crippen LogP contribution in [-0.2, 0) is 0 Å². The molecule has 0 heterocycles. The van der Waals surface area contributed by atoms with E-state index in [1.807, 2.05) is 0 Å². The third-order valence-corrected chi connectivity index (χ3v) is 12.3. The molecule has 0 nitrogen and oxygen atoms in total. The monoisotopic (exact) mass is 698 g/mol. The highest BCUT2D eigenvalue weighted by Gasteiger charge is 2.23. The molecule has 0 saturated carbocycles. The fraction of sp³-hybridized carbons (Fsp3) is 1.00. The van der Waals surface area contributed by atoms with Crippen LogP contribution >= 0.6 is 45.9 Å². The van der Waals surface area contributed by atoms with Crippen LogP contribution in [-0.4, -0.2) is 11.8 Å². The Kier molecular flexibility index (Phi) is 39.2. The molecule has 43 heavy (non-hydrogen) atoms. The van der Waals surface area contributed by atoms with Gasteiger partial charge < -0.3 is 0 Å². The minimum Gasteiger partial charge on any atom is -0.179 e. The SMILES string of the molecule is SCCCCCCCCCCCCCCCCCCCCCCCCCCCCCCCCCCCCCC[Si](Cl)(Cl)Cl. The molecule has 5 heteroatoms. The molecule has 0 unspecified atom stereocenters. The van der Waals surface area contributed by atoms with Crippen molar-refractivity contribution in [2.24, 2.45) is 0 Å². The molecular weight excluding hydrogens is 623 g/mol. The first-order valence-corrected chi connectivity index (χ1v) is 25.6. The van der Waals surface area contributed by atoms with E-state index < -0.39 is 6.00 Å². The third-order valence-electron chi connectivity index (χ3n) is 9.37. The van der Waals surface area contributed by atoms with Crippen LogP contribution in [0.3, 0.4) is 0 Å². The minimum atomic E-state index is -2.37. The standard InChI is InChI=1S/C38H77Cl3SSi/c39-43(40,41)38-36-34-32-30-28-26-24-22-20-18-16-14-12-10-8-6-4-2-1-3-5-7-9-11-13-15-17-19-21-23-25-27-29-31-33-35-37-42/h42H,1-38H2. The van der Waals surface area contributed by atoms with Crippen LogP contribution in [0.5, 0.6) is 0 Å². The zero-order valence-corrected chi connectivity index (χ0v) is 33.1. The van der Waals surface area contributed by atoms with Crippen molar-refractivity contribution in [3.05, 3.63) is 0 Å². The number of hydrogen-bond acceptors (Lipinski definition) is 1. The number of hydrogen-bond donors (Lipinski definition) is 1. The zero-order valence-electron chi connectivity index (χ0n) is 29.0. The summed E-state index contributed by atoms with van der Waals surface area (Å²) in [6.45, 7) is 0. The van der Waals surface area contributed by atoms with Gasteiger partial charge in [-0.1, -0.05) is 225 Å². The van der Waals surface area contributed by atoms with E-state index in [0.29, 0.717) is 0 Å². The lowest BCUT2D eigenvalue weighted by Crippen LogP contribution is -2.07. The lowest BCUT2D eigenvalue weighted by Gasteiger charge is -2.07. The molecule has 0 aromatic rings. The molecular formula is C38H77Cl3SSi. The zero-order chi connectivity index (χ0) is 31.4. The number of unbranched alkanes of at least 4 members (excludes halogenated alkanes) is 35. The Morgan fingerprint density at radius 3 is 0.512 bits per heavy atom. The number of thiol groups is 1. The molecule has 0 amide bonds. The van der Waals surface area contributed by atoms with E-state index in [1.165, 1.54) is 225 Å². The molecule has 260 valence electrons. The van der Waals surface area contributed by atoms with E-state index in [2.05, 4.69) is 12.6 Å². The number of halogens is 3. The van der Waals surface area contributed by atoms with E-state index in [-0.39, 0.29) is 0 Å². The molecule has 0 rings (SSSR count). The van der Waals surface area contributed by atoms with Crippen LogP contribution in [0.4, 0.5) is 0 Å². The van der Waals surface area contributed by atoms with Crippen molar-refractivity contribution in [3.8, 4) is 0 Å². The fourth-order valence-corrected chi connectivity index (χ4v) is 8.52. The minimum absolute atomic E-state index is 0.830. The van der Waals surface area contributed by atoms with E-state index in [1.54, 1.807) is 0 Å². The second-order valence-corrected chi connectivity index (χ2v) is 23.5. The van der Waals surface area contributed by atoms with Gasteiger partial charge in [-0.2, -0.15) is 12.6 Å². The van der Waals surface area contributed by atoms with Crippen LogP contribution in [0.15, 0.2) is 0 Å². The van der Waals surface area contributed by atoms with Crippen molar-refractivity contribution in [3.63, 3.8) is 0 Å². The summed E-state index contributed by atoms with van der Waals surface area (Å²) in [4.78, 5) is 0. The second-order valence-electron chi connectivity index (χ2n) is 13.8. The predicted molar refractivity (Wildman–Crippen MR) is 208 cm³/mol. The van der Waals surface area contributed by atoms with Gasteiger partial charge >= 0.3 is 6.00 Å². The summed E-state index contributed by atoms with van der Waals surface area (Å²) in [6.07, 6.45) is 51.6. The van der Waals surface area contributed by atoms with Crippen molar-refractivity contribution < 1.29 is 0 Å². The molecule has 0 fully saturated rings. The van der Waals surface area contributed by atoms with Crippen molar-refractivity contribution in [2.75, 3.05) is 5.75 Å². The first-order chi connectivity index (χ1) is 21.1. The van der Waals surface area contributed by atoms with Gasteiger partial charge in [0.2, 0.25) is 0 Å². The maximum atomic E-state index is 5.93. The summed E-state index contributed by atoms with van der Waals surface area (Å²) >= 11 is 22.1. The predicted octanol–water partition coefficient (Wildman–Crippen LogP) is 16.6. The topological polar surface area (TPSA) is 0 Å². The Hall–Kier alpha value is 1.44. The van der Waals surface area contributed by atoms with Gasteiger partial charge in [0.15, 0.2) is 0 Å². The van der Waals surface area contributed by atoms with E-state index in [4.69, 9.17) is 33.2 Å². The smallest absolute Gasteiger partial charge is 0.179 e. The van der Waals surface area contributed by atoms with Gasteiger partial charge in [0.05, 0.1) is 0 Å². The summed E-state index contributed by atoms with van der Waals surface area (Å²) in [7, 11) is 0. The van der Waals surface area contributed by atoms with E-state index >= 15 is 0 Å². The highest BCUT2D eigenvalue weighted by molar-refractivity contribution is 7.80. The lowest BCUT2D eigenvalue weighted by molar-refractivity contribution is 0.511. The Morgan fingerprint density at radius 2 is 0.372 bits per heavy atom. The first-order valence-electron chi connectivity index (χ1n) is 19.7. The molecule has 0 aliphatic carbocycles. The Labute approximate surface area is 293 Å². The van der Waals surface area contributed by atoms with E-state index in [0.717, 1.165) is 18.2 Å². The van der Waals surface area contributed by atoms with Crippen LogP contribution in [0.1, 0.15) is 231 Å². The quantitative estimate of drug-likeness (QED) is 0.0282. The molecule has 0 atom stereocenters. The maximum absolute atomic E-state index is 5.93. The molecule has 0 spiro atoms. The van der Waals surface area contributed by atoms with Crippen molar-refractivity contribution in [1.29, 1.82) is 0 Å². The molecule has 0 aromatic carbocycles. The molecule has 0 aliphatic rings. The highest BCUT2D eigenvalue weighted by atomic mass is 35.8. The summed E-state index contributed by atoms with van der Waals surface area (Å²) in [5, 5.41) is 0. The van der Waals surface area contributed by atoms with Gasteiger partial charge in [-0.3, -0.25) is 0 Å². The fourth-order valence-electron chi connectivity index (χ4n) is 6.45. The third kappa shape index (κ3) is 43.4. The van der Waals surface area contributed by atoms with Crippen LogP contribution < -0.4 is 0 Å². The summed E-state index contributed by atoms with van der Waals surface area (Å²) in [6, 6.07) is -1.54. The van der Waals surface area contributed by atoms with Crippen LogP contribution in [0.2, 0.25) is 6.04 Å². The molecule has 0 aliphatic heterocycles. The van der Waals surface area contributed by atoms with Crippen LogP contribution in [0, 0.1) is 0 Å². The Bertz CT molecular complexity index is 500. The van der Waals surface area contributed by atoms with Gasteiger partial charge in [0, 0.05) is 0 Å². The molecule has 0 bridgehead atoms. The van der Waals surface area contributed by atoms with Gasteiger partial charge in [-0.15, -0.1) is 33.2 Å². The normalized spacial score (nSPS) is 12.0. The van der Waals surface area contributed by atoms with E-state index in [9.17, 15) is 0 Å². The van der Waals surface area contributed by atoms with Crippen molar-refractivity contribution >= 4 is 51.9 Å². The molecule has 0 saturated heterocycles. The van der Waals surface area contributed by atoms with Gasteiger partial charge in [0.1, 0.15) is 0 Å². The summed E-state index contributed by atoms with van der Waals surface area (Å²) in [5.74, 6) is 1.07. The van der Waals surface area contributed by atoms with Crippen molar-refractivity contribution in [2.45, 2.75) is 237 Å². The highest BCUT2D eigenvalue weighted by Crippen LogP contribution is 2.27. The average molecular weight is 701 g/mol. The molecule has 0 radical (unpaired) electrons. The Morgan fingerprint density at radius 1 is 0.233 bits per heavy atom. The Balaban J connectivity index is 3.05. The molecule has 0 N–H and O–H groups in total. The summed E-state index contributed by atoms with van der Waals surface area (Å²) in [5.41, 5.74) is 0. The van der Waals surface area contributed by atoms with Gasteiger partial charge in [-0.05, 0) is 18.2 Å². The maximum Gasteiger partial charge on any atom is 0.341 e. The largest absolute Gasteiger partial charge is 0.341 e. The van der Waals surface area contributed by atoms with Gasteiger partial charge in [0.25, 0.3) is 0 Å². The van der Waals surface area contributed by atoms with Crippen LogP contribution in [0.25, 0.3) is 0 Å². The van der Waals surface area contributed by atoms with Gasteiger partial charge in [-0.25, -0.2) is 0 Å². The number of rotatable bonds is 38. The average Bonchev–Trinajstić information content (AvgIpc) is 2.98. The lowest BCUT2D eigenvalue weighted by atomic mass is 10.0. The first kappa shape index (κ1) is 44.4.